The lowest BCUT2D eigenvalue weighted by atomic mass is 10.1. The van der Waals surface area contributed by atoms with Crippen molar-refractivity contribution in [3.8, 4) is 0 Å². The van der Waals surface area contributed by atoms with Crippen molar-refractivity contribution in [2.45, 2.75) is 51.7 Å². The molecule has 0 aromatic rings. The standard InChI is InChI=1S/C14H26O10/c1-13(2,17-5)7-9-19-11(15)21-23-24-22-12(16)20-10-8-14(3,4)18-6/h7-10H2,1-6H3. The molecule has 10 heteroatoms. The van der Waals surface area contributed by atoms with Crippen LogP contribution in [0.3, 0.4) is 0 Å². The highest BCUT2D eigenvalue weighted by Gasteiger charge is 2.19. The van der Waals surface area contributed by atoms with Gasteiger partial charge in [-0.05, 0) is 27.7 Å². The second-order valence-corrected chi connectivity index (χ2v) is 5.93. The Hall–Kier alpha value is -1.62. The van der Waals surface area contributed by atoms with Crippen LogP contribution in [0.25, 0.3) is 0 Å². The predicted octanol–water partition coefficient (Wildman–Crippen LogP) is 2.70. The van der Waals surface area contributed by atoms with Crippen molar-refractivity contribution in [1.82, 2.24) is 0 Å². The highest BCUT2D eigenvalue weighted by atomic mass is 17.7. The Bertz CT molecular complexity index is 344. The van der Waals surface area contributed by atoms with Gasteiger partial charge in [0.2, 0.25) is 0 Å². The quantitative estimate of drug-likeness (QED) is 0.238. The first-order chi connectivity index (χ1) is 11.1. The highest BCUT2D eigenvalue weighted by Crippen LogP contribution is 2.13. The maximum Gasteiger partial charge on any atom is 0.542 e. The van der Waals surface area contributed by atoms with E-state index in [0.29, 0.717) is 12.8 Å². The van der Waals surface area contributed by atoms with Crippen LogP contribution in [0, 0.1) is 0 Å². The van der Waals surface area contributed by atoms with E-state index in [9.17, 15) is 9.59 Å². The minimum Gasteiger partial charge on any atom is -0.432 e. The van der Waals surface area contributed by atoms with Crippen molar-refractivity contribution < 1.29 is 48.4 Å². The summed E-state index contributed by atoms with van der Waals surface area (Å²) in [5.41, 5.74) is -0.885. The van der Waals surface area contributed by atoms with Crippen LogP contribution in [-0.4, -0.2) is 50.9 Å². The van der Waals surface area contributed by atoms with Crippen LogP contribution in [0.4, 0.5) is 9.59 Å². The molecule has 0 unspecified atom stereocenters. The maximum absolute atomic E-state index is 11.1. The van der Waals surface area contributed by atoms with Gasteiger partial charge in [0.1, 0.15) is 0 Å². The smallest absolute Gasteiger partial charge is 0.432 e. The molecule has 0 atom stereocenters. The van der Waals surface area contributed by atoms with E-state index < -0.39 is 23.5 Å². The van der Waals surface area contributed by atoms with Gasteiger partial charge in [0.25, 0.3) is 0 Å². The van der Waals surface area contributed by atoms with Gasteiger partial charge in [0.05, 0.1) is 24.4 Å². The van der Waals surface area contributed by atoms with Crippen LogP contribution in [0.15, 0.2) is 0 Å². The topological polar surface area (TPSA) is 108 Å². The molecule has 0 aromatic carbocycles. The van der Waals surface area contributed by atoms with E-state index in [-0.39, 0.29) is 13.2 Å². The Morgan fingerprint density at radius 1 is 0.708 bits per heavy atom. The molecule has 24 heavy (non-hydrogen) atoms. The van der Waals surface area contributed by atoms with Crippen molar-refractivity contribution in [2.75, 3.05) is 27.4 Å². The predicted molar refractivity (Wildman–Crippen MR) is 78.4 cm³/mol. The van der Waals surface area contributed by atoms with Gasteiger partial charge in [-0.2, -0.15) is 0 Å². The molecule has 0 rings (SSSR count). The van der Waals surface area contributed by atoms with E-state index in [1.165, 1.54) is 0 Å². The van der Waals surface area contributed by atoms with E-state index in [2.05, 4.69) is 29.3 Å². The molecule has 0 fully saturated rings. The van der Waals surface area contributed by atoms with Crippen LogP contribution < -0.4 is 0 Å². The SMILES string of the molecule is COC(C)(C)CCOC(=O)OOOOC(=O)OCCC(C)(C)OC. The normalized spacial score (nSPS) is 11.8. The Morgan fingerprint density at radius 2 is 1.04 bits per heavy atom. The summed E-state index contributed by atoms with van der Waals surface area (Å²) in [7, 11) is 3.09. The largest absolute Gasteiger partial charge is 0.542 e. The van der Waals surface area contributed by atoms with Crippen LogP contribution in [-0.2, 0) is 38.8 Å². The lowest BCUT2D eigenvalue weighted by molar-refractivity contribution is -0.601. The fourth-order valence-corrected chi connectivity index (χ4v) is 1.10. The zero-order valence-corrected chi connectivity index (χ0v) is 14.9. The summed E-state index contributed by atoms with van der Waals surface area (Å²) in [6.45, 7) is 7.40. The Kier molecular flexibility index (Phi) is 10.3. The van der Waals surface area contributed by atoms with Crippen molar-refractivity contribution in [1.29, 1.82) is 0 Å². The molecule has 0 aliphatic heterocycles. The zero-order chi connectivity index (χ0) is 18.6. The van der Waals surface area contributed by atoms with Gasteiger partial charge in [-0.3, -0.25) is 0 Å². The molecule has 0 aliphatic rings. The third kappa shape index (κ3) is 11.9. The Balaban J connectivity index is 3.64. The molecular formula is C14H26O10. The number of ether oxygens (including phenoxy) is 4. The zero-order valence-electron chi connectivity index (χ0n) is 14.9. The number of methoxy groups -OCH3 is 2. The lowest BCUT2D eigenvalue weighted by Crippen LogP contribution is -2.25. The average molecular weight is 354 g/mol. The number of rotatable bonds is 11. The van der Waals surface area contributed by atoms with Gasteiger partial charge >= 0.3 is 12.3 Å². The van der Waals surface area contributed by atoms with Gasteiger partial charge in [0, 0.05) is 37.1 Å². The summed E-state index contributed by atoms with van der Waals surface area (Å²) < 4.78 is 19.6. The minimum atomic E-state index is -1.17. The maximum atomic E-state index is 11.1. The molecule has 0 aromatic heterocycles. The third-order valence-electron chi connectivity index (χ3n) is 3.19. The third-order valence-corrected chi connectivity index (χ3v) is 3.19. The first kappa shape index (κ1) is 22.4. The molecule has 0 N–H and O–H groups in total. The Labute approximate surface area is 141 Å². The summed E-state index contributed by atoms with van der Waals surface area (Å²) in [4.78, 5) is 30.3. The molecule has 142 valence electrons. The molecule has 0 spiro atoms. The van der Waals surface area contributed by atoms with Gasteiger partial charge in [-0.25, -0.2) is 19.4 Å². The van der Waals surface area contributed by atoms with Crippen molar-refractivity contribution in [3.63, 3.8) is 0 Å². The summed E-state index contributed by atoms with van der Waals surface area (Å²) in [5, 5.41) is 7.78. The van der Waals surface area contributed by atoms with E-state index in [1.54, 1.807) is 14.2 Å². The molecule has 0 aliphatic carbocycles. The summed E-state index contributed by atoms with van der Waals surface area (Å²) in [6, 6.07) is 0. The number of hydrogen-bond acceptors (Lipinski definition) is 10. The van der Waals surface area contributed by atoms with E-state index in [0.717, 1.165) is 0 Å². The summed E-state index contributed by atoms with van der Waals surface area (Å²) in [5.74, 6) is 0. The molecule has 10 nitrogen and oxygen atoms in total. The molecule has 0 radical (unpaired) electrons. The molecular weight excluding hydrogens is 328 g/mol. The van der Waals surface area contributed by atoms with Gasteiger partial charge in [0.15, 0.2) is 0 Å². The van der Waals surface area contributed by atoms with E-state index in [1.807, 2.05) is 27.7 Å². The lowest BCUT2D eigenvalue weighted by Gasteiger charge is -2.22. The monoisotopic (exact) mass is 354 g/mol. The van der Waals surface area contributed by atoms with Gasteiger partial charge in [-0.1, -0.05) is 0 Å². The molecule has 0 amide bonds. The van der Waals surface area contributed by atoms with Crippen LogP contribution in [0.2, 0.25) is 0 Å². The Morgan fingerprint density at radius 3 is 1.33 bits per heavy atom. The van der Waals surface area contributed by atoms with E-state index >= 15 is 0 Å². The van der Waals surface area contributed by atoms with Crippen molar-refractivity contribution >= 4 is 12.3 Å². The first-order valence-electron chi connectivity index (χ1n) is 7.23. The van der Waals surface area contributed by atoms with Crippen molar-refractivity contribution in [3.05, 3.63) is 0 Å². The van der Waals surface area contributed by atoms with E-state index in [4.69, 9.17) is 9.47 Å². The van der Waals surface area contributed by atoms with Crippen LogP contribution in [0.5, 0.6) is 0 Å². The second-order valence-electron chi connectivity index (χ2n) is 5.93. The first-order valence-corrected chi connectivity index (χ1v) is 7.23. The summed E-state index contributed by atoms with van der Waals surface area (Å²) in [6.07, 6.45) is -1.44. The highest BCUT2D eigenvalue weighted by molar-refractivity contribution is 5.59. The van der Waals surface area contributed by atoms with Crippen molar-refractivity contribution in [2.24, 2.45) is 0 Å². The minimum absolute atomic E-state index is 0.0429. The van der Waals surface area contributed by atoms with Gasteiger partial charge in [-0.15, -0.1) is 0 Å². The fourth-order valence-electron chi connectivity index (χ4n) is 1.10. The van der Waals surface area contributed by atoms with Crippen LogP contribution >= 0.6 is 0 Å². The molecule has 0 heterocycles. The number of carbonyl (C=O) groups is 2. The fraction of sp³-hybridized carbons (Fsp3) is 0.857. The summed E-state index contributed by atoms with van der Waals surface area (Å²) >= 11 is 0. The number of carbonyl (C=O) groups excluding carboxylic acids is 2. The molecule has 0 saturated carbocycles. The van der Waals surface area contributed by atoms with Gasteiger partial charge < -0.3 is 18.9 Å². The molecule has 0 saturated heterocycles. The van der Waals surface area contributed by atoms with Crippen LogP contribution in [0.1, 0.15) is 40.5 Å². The average Bonchev–Trinajstić information content (AvgIpc) is 2.51. The second kappa shape index (κ2) is 11.0. The molecule has 0 bridgehead atoms. The number of hydrogen-bond donors (Lipinski definition) is 0.